The Labute approximate surface area is 86.5 Å². The Morgan fingerprint density at radius 3 is 2.43 bits per heavy atom. The first kappa shape index (κ1) is 13.2. The van der Waals surface area contributed by atoms with Gasteiger partial charge in [-0.05, 0) is 6.92 Å². The molecule has 0 aromatic heterocycles. The lowest BCUT2D eigenvalue weighted by atomic mass is 10.4. The minimum absolute atomic E-state index is 0.0696. The molecule has 0 aromatic carbocycles. The van der Waals surface area contributed by atoms with Gasteiger partial charge in [0.05, 0.1) is 0 Å². The number of carboxylic acids is 1. The van der Waals surface area contributed by atoms with E-state index >= 15 is 0 Å². The number of hydrogen-bond donors (Lipinski definition) is 4. The fraction of sp³-hybridized carbons (Fsp3) is 0.600. The zero-order valence-corrected chi connectivity index (χ0v) is 8.92. The molecule has 3 N–H and O–H groups in total. The van der Waals surface area contributed by atoms with Crippen molar-refractivity contribution in [2.75, 3.05) is 5.75 Å². The van der Waals surface area contributed by atoms with Crippen molar-refractivity contribution in [3.63, 3.8) is 0 Å². The van der Waals surface area contributed by atoms with Gasteiger partial charge in [0.2, 0.25) is 0 Å². The number of carboxylic acid groups (broad SMARTS) is 1. The van der Waals surface area contributed by atoms with E-state index < -0.39 is 22.3 Å². The van der Waals surface area contributed by atoms with Crippen LogP contribution in [0.5, 0.6) is 0 Å². The number of nitrogens with zero attached hydrogens (tertiary/aromatic N) is 1. The quantitative estimate of drug-likeness (QED) is 0.169. The van der Waals surface area contributed by atoms with Crippen molar-refractivity contribution in [2.24, 2.45) is 4.99 Å². The van der Waals surface area contributed by atoms with Crippen LogP contribution in [0.4, 0.5) is 0 Å². The van der Waals surface area contributed by atoms with Crippen LogP contribution in [0.25, 0.3) is 0 Å². The van der Waals surface area contributed by atoms with Crippen LogP contribution in [-0.4, -0.2) is 41.7 Å². The molecule has 1 atom stereocenters. The standard InChI is InChI=1S/C5H10N2O5S2/c1-3(7-14(10,11)12)6-4(2-13)5(8)9/h4,13H,2H2,1H3,(H,6,7)(H,8,9)(H,10,11,12)/i3+1. The number of carbonyl (C=O) groups is 1. The first-order chi connectivity index (χ1) is 6.26. The second kappa shape index (κ2) is 5.17. The molecule has 0 aromatic rings. The fourth-order valence-corrected chi connectivity index (χ4v) is 1.28. The minimum atomic E-state index is -4.40. The first-order valence-electron chi connectivity index (χ1n) is 3.39. The molecular weight excluding hydrogens is 233 g/mol. The molecule has 0 saturated carbocycles. The third-order valence-corrected chi connectivity index (χ3v) is 1.98. The van der Waals surface area contributed by atoms with E-state index in [1.54, 1.807) is 4.72 Å². The summed E-state index contributed by atoms with van der Waals surface area (Å²) in [6.07, 6.45) is 0. The van der Waals surface area contributed by atoms with Gasteiger partial charge in [0, 0.05) is 5.75 Å². The number of nitrogens with one attached hydrogen (secondary N) is 1. The van der Waals surface area contributed by atoms with Crippen molar-refractivity contribution in [3.8, 4) is 0 Å². The normalized spacial score (nSPS) is 14.9. The van der Waals surface area contributed by atoms with Crippen molar-refractivity contribution >= 4 is 34.7 Å². The van der Waals surface area contributed by atoms with Crippen molar-refractivity contribution < 1.29 is 22.9 Å². The van der Waals surface area contributed by atoms with E-state index in [2.05, 4.69) is 17.6 Å². The van der Waals surface area contributed by atoms with Gasteiger partial charge in [-0.2, -0.15) is 21.0 Å². The van der Waals surface area contributed by atoms with Crippen LogP contribution < -0.4 is 4.72 Å². The number of aliphatic carboxylic acids is 1. The zero-order valence-electron chi connectivity index (χ0n) is 7.21. The second-order valence-corrected chi connectivity index (χ2v) is 3.85. The van der Waals surface area contributed by atoms with E-state index in [1.807, 2.05) is 0 Å². The van der Waals surface area contributed by atoms with Crippen molar-refractivity contribution in [1.82, 2.24) is 4.72 Å². The summed E-state index contributed by atoms with van der Waals surface area (Å²) >= 11 is 3.71. The number of amidine groups is 1. The predicted octanol–water partition coefficient (Wildman–Crippen LogP) is -0.820. The van der Waals surface area contributed by atoms with Gasteiger partial charge >= 0.3 is 16.3 Å². The molecule has 82 valence electrons. The third kappa shape index (κ3) is 5.78. The first-order valence-corrected chi connectivity index (χ1v) is 5.47. The molecule has 0 heterocycles. The average Bonchev–Trinajstić information content (AvgIpc) is 1.96. The topological polar surface area (TPSA) is 116 Å². The minimum Gasteiger partial charge on any atom is -0.480 e. The Bertz CT molecular complexity index is 336. The smallest absolute Gasteiger partial charge is 0.358 e. The summed E-state index contributed by atoms with van der Waals surface area (Å²) in [6, 6.07) is -1.15. The number of aliphatic imine (C=N–C) groups is 1. The summed E-state index contributed by atoms with van der Waals surface area (Å²) in [5, 5.41) is 8.52. The predicted molar refractivity (Wildman–Crippen MR) is 53.1 cm³/mol. The van der Waals surface area contributed by atoms with E-state index in [0.29, 0.717) is 0 Å². The summed E-state index contributed by atoms with van der Waals surface area (Å²) < 4.78 is 30.5. The molecule has 0 aliphatic rings. The maximum Gasteiger partial charge on any atom is 0.358 e. The molecular formula is C5H10N2O5S2. The summed E-state index contributed by atoms with van der Waals surface area (Å²) in [5.74, 6) is -1.51. The maximum absolute atomic E-state index is 10.4. The lowest BCUT2D eigenvalue weighted by Crippen LogP contribution is -2.31. The molecule has 0 aliphatic heterocycles. The van der Waals surface area contributed by atoms with E-state index in [1.165, 1.54) is 6.92 Å². The Kier molecular flexibility index (Phi) is 4.88. The van der Waals surface area contributed by atoms with Crippen LogP contribution in [0.3, 0.4) is 0 Å². The van der Waals surface area contributed by atoms with Crippen molar-refractivity contribution in [1.29, 1.82) is 0 Å². The highest BCUT2D eigenvalue weighted by molar-refractivity contribution is 7.84. The number of hydrogen-bond acceptors (Lipinski definition) is 5. The lowest BCUT2D eigenvalue weighted by molar-refractivity contribution is -0.137. The van der Waals surface area contributed by atoms with Crippen LogP contribution >= 0.6 is 12.6 Å². The van der Waals surface area contributed by atoms with E-state index in [9.17, 15) is 13.2 Å². The van der Waals surface area contributed by atoms with E-state index in [0.717, 1.165) is 0 Å². The molecule has 0 amide bonds. The molecule has 0 saturated heterocycles. The molecule has 7 nitrogen and oxygen atoms in total. The molecule has 0 spiro atoms. The van der Waals surface area contributed by atoms with Gasteiger partial charge in [0.25, 0.3) is 0 Å². The zero-order chi connectivity index (χ0) is 11.4. The maximum atomic E-state index is 10.4. The van der Waals surface area contributed by atoms with Gasteiger partial charge < -0.3 is 5.11 Å². The summed E-state index contributed by atoms with van der Waals surface area (Å²) in [4.78, 5) is 13.9. The molecule has 0 fully saturated rings. The van der Waals surface area contributed by atoms with Crippen LogP contribution in [-0.2, 0) is 15.1 Å². The van der Waals surface area contributed by atoms with Crippen molar-refractivity contribution in [3.05, 3.63) is 0 Å². The van der Waals surface area contributed by atoms with E-state index in [4.69, 9.17) is 9.66 Å². The van der Waals surface area contributed by atoms with Gasteiger partial charge in [-0.15, -0.1) is 0 Å². The Morgan fingerprint density at radius 1 is 1.64 bits per heavy atom. The fourth-order valence-electron chi connectivity index (χ4n) is 0.621. The molecule has 0 rings (SSSR count). The third-order valence-electron chi connectivity index (χ3n) is 1.08. The SMILES string of the molecule is C[13C](=NC(CS)C(=O)O)NS(=O)(=O)O. The van der Waals surface area contributed by atoms with Crippen LogP contribution in [0.15, 0.2) is 4.99 Å². The highest BCUT2D eigenvalue weighted by Crippen LogP contribution is 1.95. The van der Waals surface area contributed by atoms with Crippen LogP contribution in [0, 0.1) is 0 Å². The van der Waals surface area contributed by atoms with Gasteiger partial charge in [-0.1, -0.05) is 0 Å². The molecule has 1 unspecified atom stereocenters. The second-order valence-electron chi connectivity index (χ2n) is 2.33. The molecule has 14 heavy (non-hydrogen) atoms. The Balaban J connectivity index is 4.57. The largest absolute Gasteiger partial charge is 0.480 e. The van der Waals surface area contributed by atoms with E-state index in [-0.39, 0.29) is 11.6 Å². The highest BCUT2D eigenvalue weighted by Gasteiger charge is 2.15. The highest BCUT2D eigenvalue weighted by atomic mass is 32.2. The Hall–Kier alpha value is -0.800. The molecule has 0 radical (unpaired) electrons. The van der Waals surface area contributed by atoms with Gasteiger partial charge in [-0.3, -0.25) is 9.55 Å². The van der Waals surface area contributed by atoms with Crippen LogP contribution in [0.1, 0.15) is 6.92 Å². The van der Waals surface area contributed by atoms with Gasteiger partial charge in [-0.25, -0.2) is 9.52 Å². The monoisotopic (exact) mass is 243 g/mol. The molecule has 9 heteroatoms. The summed E-state index contributed by atoms with van der Waals surface area (Å²) in [7, 11) is -4.40. The Morgan fingerprint density at radius 2 is 2.14 bits per heavy atom. The van der Waals surface area contributed by atoms with Gasteiger partial charge in [0.1, 0.15) is 5.84 Å². The van der Waals surface area contributed by atoms with Crippen LogP contribution in [0.2, 0.25) is 0 Å². The summed E-state index contributed by atoms with van der Waals surface area (Å²) in [5.41, 5.74) is 0. The lowest BCUT2D eigenvalue weighted by Gasteiger charge is -2.06. The van der Waals surface area contributed by atoms with Gasteiger partial charge in [0.15, 0.2) is 6.04 Å². The number of thiol groups is 1. The van der Waals surface area contributed by atoms with Crippen molar-refractivity contribution in [2.45, 2.75) is 13.0 Å². The molecule has 0 aliphatic carbocycles. The average molecular weight is 243 g/mol. The summed E-state index contributed by atoms with van der Waals surface area (Å²) in [6.45, 7) is 1.22. The molecule has 0 bridgehead atoms. The number of rotatable bonds is 4.